The zero-order valence-electron chi connectivity index (χ0n) is 22.0. The highest BCUT2D eigenvalue weighted by molar-refractivity contribution is 5.90. The molecule has 0 bridgehead atoms. The summed E-state index contributed by atoms with van der Waals surface area (Å²) < 4.78 is 52.9. The molecule has 1 aromatic carbocycles. The number of hydrogen-bond acceptors (Lipinski definition) is 8. The molecule has 1 amide bonds. The van der Waals surface area contributed by atoms with Crippen molar-refractivity contribution in [2.24, 2.45) is 0 Å². The number of rotatable bonds is 5. The lowest BCUT2D eigenvalue weighted by atomic mass is 10.0. The lowest BCUT2D eigenvalue weighted by Gasteiger charge is -2.33. The average molecular weight is 547 g/mol. The average Bonchev–Trinajstić information content (AvgIpc) is 3.35. The van der Waals surface area contributed by atoms with Crippen molar-refractivity contribution in [3.63, 3.8) is 0 Å². The first-order chi connectivity index (χ1) is 18.3. The second kappa shape index (κ2) is 10.9. The Morgan fingerprint density at radius 1 is 1.05 bits per heavy atom. The number of amides is 1. The number of piperidine rings is 1. The van der Waals surface area contributed by atoms with Gasteiger partial charge < -0.3 is 19.7 Å². The van der Waals surface area contributed by atoms with E-state index in [0.29, 0.717) is 31.6 Å². The summed E-state index contributed by atoms with van der Waals surface area (Å²) in [7, 11) is 1.22. The lowest BCUT2D eigenvalue weighted by Crippen LogP contribution is -2.42. The number of likely N-dealkylation sites (tertiary alicyclic amines) is 1. The number of alkyl halides is 3. The Labute approximate surface area is 223 Å². The SMILES string of the molecule is COC(=O)c1ccc(-c2nc(Nc3cnn(C4CCN(C(=O)OC(C)(C)C)CC4)c3)ncc2C(F)(F)F)cc1. The Hall–Kier alpha value is -4.16. The summed E-state index contributed by atoms with van der Waals surface area (Å²) in [4.78, 5) is 33.6. The molecule has 1 aliphatic rings. The molecule has 13 heteroatoms. The maximum absolute atomic E-state index is 13.7. The lowest BCUT2D eigenvalue weighted by molar-refractivity contribution is -0.137. The van der Waals surface area contributed by atoms with E-state index in [1.807, 2.05) is 20.8 Å². The van der Waals surface area contributed by atoms with E-state index in [1.165, 1.54) is 37.6 Å². The van der Waals surface area contributed by atoms with Crippen molar-refractivity contribution in [3.8, 4) is 11.3 Å². The quantitative estimate of drug-likeness (QED) is 0.420. The van der Waals surface area contributed by atoms with Crippen LogP contribution in [0.4, 0.5) is 29.6 Å². The number of benzene rings is 1. The van der Waals surface area contributed by atoms with Crippen LogP contribution in [0.25, 0.3) is 11.3 Å². The number of anilines is 2. The van der Waals surface area contributed by atoms with Crippen LogP contribution in [0.15, 0.2) is 42.9 Å². The van der Waals surface area contributed by atoms with Crippen molar-refractivity contribution in [3.05, 3.63) is 54.0 Å². The van der Waals surface area contributed by atoms with Gasteiger partial charge in [-0.3, -0.25) is 4.68 Å². The second-order valence-electron chi connectivity index (χ2n) is 10.1. The van der Waals surface area contributed by atoms with Crippen LogP contribution in [0.1, 0.15) is 55.6 Å². The van der Waals surface area contributed by atoms with Gasteiger partial charge in [-0.15, -0.1) is 0 Å². The van der Waals surface area contributed by atoms with Gasteiger partial charge in [-0.25, -0.2) is 19.6 Å². The standard InChI is InChI=1S/C26H29F3N6O4/c1-25(2,3)39-24(37)34-11-9-19(10-12-34)35-15-18(13-31-35)32-23-30-14-20(26(27,28)29)21(33-23)16-5-7-17(8-6-16)22(36)38-4/h5-8,13-15,19H,9-12H2,1-4H3,(H,30,32,33). The smallest absolute Gasteiger partial charge is 0.419 e. The van der Waals surface area contributed by atoms with Gasteiger partial charge >= 0.3 is 18.2 Å². The van der Waals surface area contributed by atoms with Gasteiger partial charge in [0.05, 0.1) is 36.3 Å². The predicted octanol–water partition coefficient (Wildman–Crippen LogP) is 5.46. The molecule has 4 rings (SSSR count). The Morgan fingerprint density at radius 3 is 2.31 bits per heavy atom. The Bertz CT molecular complexity index is 1330. The minimum Gasteiger partial charge on any atom is -0.465 e. The summed E-state index contributed by atoms with van der Waals surface area (Å²) in [6.45, 7) is 6.49. The molecule has 208 valence electrons. The molecule has 0 saturated carbocycles. The Kier molecular flexibility index (Phi) is 7.79. The van der Waals surface area contributed by atoms with Crippen LogP contribution in [-0.4, -0.2) is 62.5 Å². The van der Waals surface area contributed by atoms with Crippen molar-refractivity contribution in [2.45, 2.75) is 51.4 Å². The van der Waals surface area contributed by atoms with Gasteiger partial charge in [-0.1, -0.05) is 12.1 Å². The molecule has 0 atom stereocenters. The summed E-state index contributed by atoms with van der Waals surface area (Å²) in [5.41, 5.74) is -1.05. The number of nitrogens with one attached hydrogen (secondary N) is 1. The molecule has 0 unspecified atom stereocenters. The molecule has 0 radical (unpaired) electrons. The Balaban J connectivity index is 1.48. The molecule has 1 N–H and O–H groups in total. The van der Waals surface area contributed by atoms with Crippen molar-refractivity contribution >= 4 is 23.7 Å². The largest absolute Gasteiger partial charge is 0.465 e. The molecule has 3 aromatic rings. The number of ether oxygens (including phenoxy) is 2. The van der Waals surface area contributed by atoms with Gasteiger partial charge in [0.2, 0.25) is 5.95 Å². The third-order valence-electron chi connectivity index (χ3n) is 6.02. The minimum atomic E-state index is -4.69. The first-order valence-electron chi connectivity index (χ1n) is 12.3. The van der Waals surface area contributed by atoms with E-state index >= 15 is 0 Å². The number of methoxy groups -OCH3 is 1. The molecule has 3 heterocycles. The van der Waals surface area contributed by atoms with Crippen LogP contribution in [0.3, 0.4) is 0 Å². The van der Waals surface area contributed by atoms with Crippen molar-refractivity contribution in [1.29, 1.82) is 0 Å². The second-order valence-corrected chi connectivity index (χ2v) is 10.1. The third-order valence-corrected chi connectivity index (χ3v) is 6.02. The molecule has 0 aliphatic carbocycles. The fourth-order valence-corrected chi connectivity index (χ4v) is 4.12. The molecule has 0 spiro atoms. The molecule has 1 aliphatic heterocycles. The molecule has 2 aromatic heterocycles. The topological polar surface area (TPSA) is 111 Å². The van der Waals surface area contributed by atoms with E-state index in [0.717, 1.165) is 6.20 Å². The summed E-state index contributed by atoms with van der Waals surface area (Å²) in [6, 6.07) is 5.52. The number of halogens is 3. The fourth-order valence-electron chi connectivity index (χ4n) is 4.12. The van der Waals surface area contributed by atoms with Crippen molar-refractivity contribution in [2.75, 3.05) is 25.5 Å². The highest BCUT2D eigenvalue weighted by atomic mass is 19.4. The van der Waals surface area contributed by atoms with Gasteiger partial charge in [0.15, 0.2) is 0 Å². The summed E-state index contributed by atoms with van der Waals surface area (Å²) in [5, 5.41) is 7.29. The van der Waals surface area contributed by atoms with Gasteiger partial charge in [-0.2, -0.15) is 18.3 Å². The van der Waals surface area contributed by atoms with E-state index in [4.69, 9.17) is 4.74 Å². The number of carbonyl (C=O) groups excluding carboxylic acids is 2. The zero-order valence-corrected chi connectivity index (χ0v) is 22.0. The first-order valence-corrected chi connectivity index (χ1v) is 12.3. The number of esters is 1. The van der Waals surface area contributed by atoms with Crippen LogP contribution in [0.5, 0.6) is 0 Å². The van der Waals surface area contributed by atoms with E-state index in [1.54, 1.807) is 15.8 Å². The number of nitrogens with zero attached hydrogens (tertiary/aromatic N) is 5. The number of carbonyl (C=O) groups is 2. The van der Waals surface area contributed by atoms with E-state index in [9.17, 15) is 22.8 Å². The molecule has 10 nitrogen and oxygen atoms in total. The minimum absolute atomic E-state index is 0.0386. The van der Waals surface area contributed by atoms with Gasteiger partial charge in [-0.05, 0) is 45.7 Å². The molecule has 39 heavy (non-hydrogen) atoms. The highest BCUT2D eigenvalue weighted by Gasteiger charge is 2.35. The van der Waals surface area contributed by atoms with E-state index < -0.39 is 23.3 Å². The first kappa shape index (κ1) is 27.9. The van der Waals surface area contributed by atoms with Crippen LogP contribution in [-0.2, 0) is 15.7 Å². The fraction of sp³-hybridized carbons (Fsp3) is 0.423. The summed E-state index contributed by atoms with van der Waals surface area (Å²) in [6.07, 6.45) is 0.278. The maximum Gasteiger partial charge on any atom is 0.419 e. The molecular formula is C26H29F3N6O4. The van der Waals surface area contributed by atoms with Crippen LogP contribution in [0.2, 0.25) is 0 Å². The summed E-state index contributed by atoms with van der Waals surface area (Å²) in [5.74, 6) is -0.649. The van der Waals surface area contributed by atoms with Crippen LogP contribution in [0, 0.1) is 0 Å². The molecular weight excluding hydrogens is 517 g/mol. The maximum atomic E-state index is 13.7. The highest BCUT2D eigenvalue weighted by Crippen LogP contribution is 2.36. The molecule has 1 fully saturated rings. The molecule has 1 saturated heterocycles. The number of hydrogen-bond donors (Lipinski definition) is 1. The Morgan fingerprint density at radius 2 is 1.72 bits per heavy atom. The number of aromatic nitrogens is 4. The van der Waals surface area contributed by atoms with Crippen LogP contribution < -0.4 is 5.32 Å². The monoisotopic (exact) mass is 546 g/mol. The van der Waals surface area contributed by atoms with Crippen molar-refractivity contribution < 1.29 is 32.2 Å². The summed E-state index contributed by atoms with van der Waals surface area (Å²) >= 11 is 0. The van der Waals surface area contributed by atoms with Gasteiger partial charge in [0.1, 0.15) is 11.2 Å². The normalized spacial score (nSPS) is 14.7. The van der Waals surface area contributed by atoms with Crippen LogP contribution >= 0.6 is 0 Å². The predicted molar refractivity (Wildman–Crippen MR) is 135 cm³/mol. The van der Waals surface area contributed by atoms with Crippen molar-refractivity contribution in [1.82, 2.24) is 24.6 Å². The van der Waals surface area contributed by atoms with E-state index in [-0.39, 0.29) is 34.9 Å². The van der Waals surface area contributed by atoms with E-state index in [2.05, 4.69) is 25.1 Å². The van der Waals surface area contributed by atoms with Gasteiger partial charge in [0.25, 0.3) is 0 Å². The van der Waals surface area contributed by atoms with Gasteiger partial charge in [0, 0.05) is 31.0 Å². The zero-order chi connectivity index (χ0) is 28.4. The third kappa shape index (κ3) is 6.84.